The summed E-state index contributed by atoms with van der Waals surface area (Å²) >= 11 is 0. The van der Waals surface area contributed by atoms with Gasteiger partial charge in [0.05, 0.1) is 6.54 Å². The van der Waals surface area contributed by atoms with E-state index in [1.165, 1.54) is 0 Å². The highest BCUT2D eigenvalue weighted by Gasteiger charge is 2.10. The largest absolute Gasteiger partial charge is 0.348 e. The van der Waals surface area contributed by atoms with E-state index in [-0.39, 0.29) is 0 Å². The second-order valence-electron chi connectivity index (χ2n) is 3.06. The zero-order valence-corrected chi connectivity index (χ0v) is 7.08. The van der Waals surface area contributed by atoms with Crippen molar-refractivity contribution in [2.75, 3.05) is 26.2 Å². The van der Waals surface area contributed by atoms with Crippen molar-refractivity contribution in [1.82, 2.24) is 20.2 Å². The van der Waals surface area contributed by atoms with Crippen LogP contribution in [0.3, 0.4) is 0 Å². The first-order valence-electron chi connectivity index (χ1n) is 4.36. The maximum Gasteiger partial charge on any atom is 0.120 e. The third-order valence-electron chi connectivity index (χ3n) is 2.14. The first-order chi connectivity index (χ1) is 5.95. The molecule has 4 heteroatoms. The summed E-state index contributed by atoms with van der Waals surface area (Å²) in [6.45, 7) is 5.40. The highest BCUT2D eigenvalue weighted by Crippen LogP contribution is 1.98. The number of piperazine rings is 1. The Kier molecular flexibility index (Phi) is 2.39. The number of nitrogens with one attached hydrogen (secondary N) is 2. The molecule has 2 heterocycles. The molecule has 66 valence electrons. The molecule has 1 fully saturated rings. The molecule has 0 aliphatic carbocycles. The molecule has 2 rings (SSSR count). The average Bonchev–Trinajstić information content (AvgIpc) is 2.59. The summed E-state index contributed by atoms with van der Waals surface area (Å²) in [7, 11) is 0. The summed E-state index contributed by atoms with van der Waals surface area (Å²) < 4.78 is 0. The van der Waals surface area contributed by atoms with Gasteiger partial charge in [0.15, 0.2) is 0 Å². The van der Waals surface area contributed by atoms with Gasteiger partial charge in [0.1, 0.15) is 5.82 Å². The van der Waals surface area contributed by atoms with Crippen molar-refractivity contribution in [3.05, 3.63) is 18.2 Å². The van der Waals surface area contributed by atoms with E-state index in [1.807, 2.05) is 6.20 Å². The molecule has 0 saturated carbocycles. The first-order valence-corrected chi connectivity index (χ1v) is 4.36. The van der Waals surface area contributed by atoms with E-state index in [4.69, 9.17) is 0 Å². The Morgan fingerprint density at radius 1 is 1.42 bits per heavy atom. The van der Waals surface area contributed by atoms with Crippen LogP contribution in [-0.4, -0.2) is 41.0 Å². The van der Waals surface area contributed by atoms with E-state index >= 15 is 0 Å². The lowest BCUT2D eigenvalue weighted by atomic mass is 10.3. The van der Waals surface area contributed by atoms with Crippen LogP contribution in [0.4, 0.5) is 0 Å². The molecular formula is C8H14N4. The van der Waals surface area contributed by atoms with E-state index in [9.17, 15) is 0 Å². The normalized spacial score (nSPS) is 19.7. The van der Waals surface area contributed by atoms with E-state index < -0.39 is 0 Å². The van der Waals surface area contributed by atoms with E-state index in [1.54, 1.807) is 6.20 Å². The molecule has 0 atom stereocenters. The fourth-order valence-corrected chi connectivity index (χ4v) is 1.47. The van der Waals surface area contributed by atoms with Gasteiger partial charge >= 0.3 is 0 Å². The van der Waals surface area contributed by atoms with Gasteiger partial charge in [0, 0.05) is 38.6 Å². The standard InChI is InChI=1S/C8H14N4/c1-2-11-8(10-1)7-12-5-3-9-4-6-12/h1-2,9H,3-7H2,(H,10,11). The SMILES string of the molecule is c1c[nH]c(CN2CCNCC2)n1. The predicted molar refractivity (Wildman–Crippen MR) is 46.7 cm³/mol. The second-order valence-corrected chi connectivity index (χ2v) is 3.06. The van der Waals surface area contributed by atoms with E-state index in [0.717, 1.165) is 38.5 Å². The quantitative estimate of drug-likeness (QED) is 0.640. The Balaban J connectivity index is 1.86. The lowest BCUT2D eigenvalue weighted by molar-refractivity contribution is 0.228. The van der Waals surface area contributed by atoms with Crippen LogP contribution >= 0.6 is 0 Å². The molecule has 0 bridgehead atoms. The Labute approximate surface area is 72.0 Å². The number of imidazole rings is 1. The molecule has 1 saturated heterocycles. The third-order valence-corrected chi connectivity index (χ3v) is 2.14. The van der Waals surface area contributed by atoms with Gasteiger partial charge in [-0.3, -0.25) is 4.90 Å². The fraction of sp³-hybridized carbons (Fsp3) is 0.625. The number of aromatic nitrogens is 2. The van der Waals surface area contributed by atoms with Gasteiger partial charge in [-0.25, -0.2) is 4.98 Å². The molecule has 4 nitrogen and oxygen atoms in total. The maximum absolute atomic E-state index is 4.19. The van der Waals surface area contributed by atoms with Crippen molar-refractivity contribution in [1.29, 1.82) is 0 Å². The minimum absolute atomic E-state index is 0.953. The minimum atomic E-state index is 0.953. The minimum Gasteiger partial charge on any atom is -0.348 e. The van der Waals surface area contributed by atoms with Crippen LogP contribution in [0.1, 0.15) is 5.82 Å². The van der Waals surface area contributed by atoms with Crippen LogP contribution in [-0.2, 0) is 6.54 Å². The Morgan fingerprint density at radius 2 is 2.25 bits per heavy atom. The van der Waals surface area contributed by atoms with Gasteiger partial charge in [-0.1, -0.05) is 0 Å². The summed E-state index contributed by atoms with van der Waals surface area (Å²) in [6, 6.07) is 0. The van der Waals surface area contributed by atoms with Crippen LogP contribution in [0.25, 0.3) is 0 Å². The first kappa shape index (κ1) is 7.76. The summed E-state index contributed by atoms with van der Waals surface area (Å²) in [6.07, 6.45) is 3.68. The molecule has 1 aromatic rings. The van der Waals surface area contributed by atoms with Gasteiger partial charge in [-0.05, 0) is 0 Å². The van der Waals surface area contributed by atoms with Crippen LogP contribution in [0.15, 0.2) is 12.4 Å². The molecule has 1 aromatic heterocycles. The van der Waals surface area contributed by atoms with Gasteiger partial charge in [-0.15, -0.1) is 0 Å². The van der Waals surface area contributed by atoms with Crippen molar-refractivity contribution in [2.45, 2.75) is 6.54 Å². The molecule has 0 aromatic carbocycles. The third kappa shape index (κ3) is 1.84. The average molecular weight is 166 g/mol. The van der Waals surface area contributed by atoms with Gasteiger partial charge in [-0.2, -0.15) is 0 Å². The van der Waals surface area contributed by atoms with Crippen molar-refractivity contribution >= 4 is 0 Å². The van der Waals surface area contributed by atoms with Gasteiger partial charge in [0.2, 0.25) is 0 Å². The molecule has 1 aliphatic rings. The summed E-state index contributed by atoms with van der Waals surface area (Å²) in [5, 5.41) is 3.32. The van der Waals surface area contributed by atoms with Crippen molar-refractivity contribution in [3.8, 4) is 0 Å². The van der Waals surface area contributed by atoms with Crippen molar-refractivity contribution < 1.29 is 0 Å². The number of aromatic amines is 1. The van der Waals surface area contributed by atoms with Gasteiger partial charge in [0.25, 0.3) is 0 Å². The molecule has 1 aliphatic heterocycles. The topological polar surface area (TPSA) is 44.0 Å². The highest BCUT2D eigenvalue weighted by molar-refractivity contribution is 4.87. The molecule has 0 radical (unpaired) electrons. The molecule has 12 heavy (non-hydrogen) atoms. The lowest BCUT2D eigenvalue weighted by Crippen LogP contribution is -2.43. The Bertz CT molecular complexity index is 213. The predicted octanol–water partition coefficient (Wildman–Crippen LogP) is -0.185. The number of hydrogen-bond acceptors (Lipinski definition) is 3. The van der Waals surface area contributed by atoms with Crippen LogP contribution in [0, 0.1) is 0 Å². The lowest BCUT2D eigenvalue weighted by Gasteiger charge is -2.26. The van der Waals surface area contributed by atoms with Crippen LogP contribution in [0.5, 0.6) is 0 Å². The zero-order chi connectivity index (χ0) is 8.23. The smallest absolute Gasteiger partial charge is 0.120 e. The molecule has 2 N–H and O–H groups in total. The second kappa shape index (κ2) is 3.69. The van der Waals surface area contributed by atoms with Crippen molar-refractivity contribution in [3.63, 3.8) is 0 Å². The molecule has 0 spiro atoms. The van der Waals surface area contributed by atoms with E-state index in [2.05, 4.69) is 20.2 Å². The number of rotatable bonds is 2. The number of H-pyrrole nitrogens is 1. The summed E-state index contributed by atoms with van der Waals surface area (Å²) in [4.78, 5) is 9.70. The Hall–Kier alpha value is -0.870. The number of hydrogen-bond donors (Lipinski definition) is 2. The van der Waals surface area contributed by atoms with Crippen molar-refractivity contribution in [2.24, 2.45) is 0 Å². The van der Waals surface area contributed by atoms with Crippen LogP contribution in [0.2, 0.25) is 0 Å². The fourth-order valence-electron chi connectivity index (χ4n) is 1.47. The summed E-state index contributed by atoms with van der Waals surface area (Å²) in [5.41, 5.74) is 0. The molecule has 0 amide bonds. The summed E-state index contributed by atoms with van der Waals surface area (Å²) in [5.74, 6) is 1.07. The van der Waals surface area contributed by atoms with Crippen LogP contribution < -0.4 is 5.32 Å². The number of nitrogens with zero attached hydrogens (tertiary/aromatic N) is 2. The maximum atomic E-state index is 4.19. The molecular weight excluding hydrogens is 152 g/mol. The zero-order valence-electron chi connectivity index (χ0n) is 7.08. The monoisotopic (exact) mass is 166 g/mol. The highest BCUT2D eigenvalue weighted by atomic mass is 15.2. The van der Waals surface area contributed by atoms with E-state index in [0.29, 0.717) is 0 Å². The molecule has 0 unspecified atom stereocenters. The van der Waals surface area contributed by atoms with Gasteiger partial charge < -0.3 is 10.3 Å². The Morgan fingerprint density at radius 3 is 2.92 bits per heavy atom.